The predicted molar refractivity (Wildman–Crippen MR) is 81.6 cm³/mol. The van der Waals surface area contributed by atoms with Gasteiger partial charge in [0.05, 0.1) is 11.9 Å². The minimum Gasteiger partial charge on any atom is -0.355 e. The van der Waals surface area contributed by atoms with Gasteiger partial charge in [-0.2, -0.15) is 9.40 Å². The number of nitrogens with zero attached hydrogens (tertiary/aromatic N) is 3. The molecular weight excluding hydrogens is 306 g/mol. The van der Waals surface area contributed by atoms with E-state index in [1.807, 2.05) is 6.92 Å². The highest BCUT2D eigenvalue weighted by atomic mass is 32.2. The first-order chi connectivity index (χ1) is 10.3. The number of aromatic nitrogens is 2. The summed E-state index contributed by atoms with van der Waals surface area (Å²) in [4.78, 5) is 12.3. The summed E-state index contributed by atoms with van der Waals surface area (Å²) in [6, 6.07) is -1.10. The predicted octanol–water partition coefficient (Wildman–Crippen LogP) is -0.562. The van der Waals surface area contributed by atoms with E-state index in [1.165, 1.54) is 10.5 Å². The maximum Gasteiger partial charge on any atom is 0.247 e. The Morgan fingerprint density at radius 3 is 2.73 bits per heavy atom. The highest BCUT2D eigenvalue weighted by Gasteiger charge is 2.43. The number of nitrogens with two attached hydrogens (primary N) is 1. The molecule has 3 N–H and O–H groups in total. The van der Waals surface area contributed by atoms with Crippen LogP contribution in [-0.4, -0.2) is 53.6 Å². The second-order valence-electron chi connectivity index (χ2n) is 5.39. The van der Waals surface area contributed by atoms with Gasteiger partial charge in [0.2, 0.25) is 15.9 Å². The van der Waals surface area contributed by atoms with Crippen molar-refractivity contribution < 1.29 is 13.2 Å². The van der Waals surface area contributed by atoms with Gasteiger partial charge in [0.1, 0.15) is 10.9 Å². The Morgan fingerprint density at radius 2 is 2.18 bits per heavy atom. The summed E-state index contributed by atoms with van der Waals surface area (Å²) in [5.41, 5.74) is 6.45. The first-order valence-electron chi connectivity index (χ1n) is 7.40. The number of rotatable bonds is 5. The fourth-order valence-electron chi connectivity index (χ4n) is 2.76. The van der Waals surface area contributed by atoms with Crippen LogP contribution in [0.1, 0.15) is 26.0 Å². The molecule has 124 valence electrons. The number of nitrogens with one attached hydrogen (secondary N) is 1. The van der Waals surface area contributed by atoms with Crippen LogP contribution in [0, 0.1) is 6.92 Å². The summed E-state index contributed by atoms with van der Waals surface area (Å²) < 4.78 is 28.6. The van der Waals surface area contributed by atoms with Crippen LogP contribution in [0.2, 0.25) is 0 Å². The molecule has 22 heavy (non-hydrogen) atoms. The van der Waals surface area contributed by atoms with Crippen molar-refractivity contribution in [1.29, 1.82) is 0 Å². The Kier molecular flexibility index (Phi) is 4.88. The van der Waals surface area contributed by atoms with Gasteiger partial charge in [-0.1, -0.05) is 0 Å². The lowest BCUT2D eigenvalue weighted by Gasteiger charge is -2.22. The zero-order valence-electron chi connectivity index (χ0n) is 13.1. The smallest absolute Gasteiger partial charge is 0.247 e. The van der Waals surface area contributed by atoms with E-state index in [9.17, 15) is 13.2 Å². The number of carbonyl (C=O) groups excluding carboxylic acids is 1. The van der Waals surface area contributed by atoms with Crippen LogP contribution in [0.4, 0.5) is 0 Å². The van der Waals surface area contributed by atoms with Gasteiger partial charge in [-0.25, -0.2) is 8.42 Å². The fourth-order valence-corrected chi connectivity index (χ4v) is 4.58. The van der Waals surface area contributed by atoms with E-state index in [0.29, 0.717) is 25.2 Å². The van der Waals surface area contributed by atoms with E-state index in [-0.39, 0.29) is 23.4 Å². The maximum absolute atomic E-state index is 12.9. The molecule has 0 aliphatic carbocycles. The average molecular weight is 329 g/mol. The molecule has 1 fully saturated rings. The highest BCUT2D eigenvalue weighted by molar-refractivity contribution is 7.89. The van der Waals surface area contributed by atoms with E-state index in [0.717, 1.165) is 0 Å². The van der Waals surface area contributed by atoms with Gasteiger partial charge in [0.25, 0.3) is 0 Å². The van der Waals surface area contributed by atoms with Crippen molar-refractivity contribution in [1.82, 2.24) is 19.4 Å². The second-order valence-corrected chi connectivity index (χ2v) is 7.25. The first-order valence-corrected chi connectivity index (χ1v) is 8.84. The van der Waals surface area contributed by atoms with Gasteiger partial charge in [-0.3, -0.25) is 9.48 Å². The molecule has 1 amide bonds. The van der Waals surface area contributed by atoms with Gasteiger partial charge >= 0.3 is 0 Å². The Labute approximate surface area is 130 Å². The lowest BCUT2D eigenvalue weighted by Crippen LogP contribution is -2.45. The highest BCUT2D eigenvalue weighted by Crippen LogP contribution is 2.27. The monoisotopic (exact) mass is 329 g/mol. The maximum atomic E-state index is 12.9. The van der Waals surface area contributed by atoms with Crippen LogP contribution in [0.3, 0.4) is 0 Å². The Bertz CT molecular complexity index is 655. The average Bonchev–Trinajstić information content (AvgIpc) is 3.02. The van der Waals surface area contributed by atoms with Crippen molar-refractivity contribution in [3.05, 3.63) is 11.9 Å². The summed E-state index contributed by atoms with van der Waals surface area (Å²) in [5.74, 6) is -0.306. The zero-order chi connectivity index (χ0) is 16.5. The van der Waals surface area contributed by atoms with Crippen LogP contribution in [0.5, 0.6) is 0 Å². The summed E-state index contributed by atoms with van der Waals surface area (Å²) >= 11 is 0. The third-order valence-electron chi connectivity index (χ3n) is 3.89. The number of carbonyl (C=O) groups is 1. The molecule has 0 saturated carbocycles. The lowest BCUT2D eigenvalue weighted by atomic mass is 10.2. The van der Waals surface area contributed by atoms with Gasteiger partial charge in [0.15, 0.2) is 0 Å². The molecule has 2 rings (SSSR count). The third-order valence-corrected chi connectivity index (χ3v) is 5.86. The van der Waals surface area contributed by atoms with E-state index in [2.05, 4.69) is 10.4 Å². The number of aryl methyl sites for hydroxylation is 1. The van der Waals surface area contributed by atoms with Crippen molar-refractivity contribution in [3.63, 3.8) is 0 Å². The largest absolute Gasteiger partial charge is 0.355 e. The molecule has 2 atom stereocenters. The van der Waals surface area contributed by atoms with Crippen molar-refractivity contribution in [3.8, 4) is 0 Å². The van der Waals surface area contributed by atoms with E-state index in [1.54, 1.807) is 18.5 Å². The molecule has 2 heterocycles. The van der Waals surface area contributed by atoms with Crippen LogP contribution in [-0.2, 0) is 21.4 Å². The summed E-state index contributed by atoms with van der Waals surface area (Å²) in [6.45, 7) is 6.56. The van der Waals surface area contributed by atoms with E-state index >= 15 is 0 Å². The molecule has 8 nitrogen and oxygen atoms in total. The van der Waals surface area contributed by atoms with Gasteiger partial charge in [0, 0.05) is 25.7 Å². The van der Waals surface area contributed by atoms with Crippen LogP contribution in [0.25, 0.3) is 0 Å². The van der Waals surface area contributed by atoms with Crippen LogP contribution >= 0.6 is 0 Å². The number of likely N-dealkylation sites (N-methyl/N-ethyl adjacent to an activating group) is 1. The second kappa shape index (κ2) is 6.35. The summed E-state index contributed by atoms with van der Waals surface area (Å²) in [7, 11) is -3.79. The van der Waals surface area contributed by atoms with Crippen molar-refractivity contribution >= 4 is 15.9 Å². The van der Waals surface area contributed by atoms with Crippen molar-refractivity contribution in [2.24, 2.45) is 5.73 Å². The Hall–Kier alpha value is -1.45. The number of amides is 1. The topological polar surface area (TPSA) is 110 Å². The van der Waals surface area contributed by atoms with Gasteiger partial charge in [-0.05, 0) is 27.2 Å². The molecule has 0 bridgehead atoms. The number of hydrogen-bond donors (Lipinski definition) is 2. The Morgan fingerprint density at radius 1 is 1.50 bits per heavy atom. The number of hydrogen-bond acceptors (Lipinski definition) is 5. The normalized spacial score (nSPS) is 22.9. The molecule has 1 aromatic rings. The van der Waals surface area contributed by atoms with Crippen LogP contribution in [0.15, 0.2) is 11.1 Å². The first kappa shape index (κ1) is 16.9. The molecule has 1 aromatic heterocycles. The molecule has 1 saturated heterocycles. The van der Waals surface area contributed by atoms with Gasteiger partial charge in [-0.15, -0.1) is 0 Å². The molecule has 0 unspecified atom stereocenters. The quantitative estimate of drug-likeness (QED) is 0.752. The summed E-state index contributed by atoms with van der Waals surface area (Å²) in [6.07, 6.45) is 1.67. The third kappa shape index (κ3) is 2.88. The molecule has 0 spiro atoms. The minimum absolute atomic E-state index is 0.137. The lowest BCUT2D eigenvalue weighted by molar-refractivity contribution is -0.124. The molecular formula is C13H23N5O3S. The van der Waals surface area contributed by atoms with E-state index in [4.69, 9.17) is 5.73 Å². The standard InChI is InChI=1S/C13H23N5O3S/c1-4-15-13(19)11-6-10(14)8-18(11)22(20,21)12-7-16-17(5-2)9(12)3/h7,10-11H,4-6,8,14H2,1-3H3,(H,15,19)/t10-,11+/m1/s1. The zero-order valence-corrected chi connectivity index (χ0v) is 13.9. The fraction of sp³-hybridized carbons (Fsp3) is 0.692. The van der Waals surface area contributed by atoms with Crippen LogP contribution < -0.4 is 11.1 Å². The molecule has 0 radical (unpaired) electrons. The van der Waals surface area contributed by atoms with E-state index < -0.39 is 16.1 Å². The molecule has 0 aromatic carbocycles. The number of sulfonamides is 1. The minimum atomic E-state index is -3.79. The molecule has 1 aliphatic heterocycles. The van der Waals surface area contributed by atoms with Crippen molar-refractivity contribution in [2.75, 3.05) is 13.1 Å². The molecule has 1 aliphatic rings. The van der Waals surface area contributed by atoms with Crippen molar-refractivity contribution in [2.45, 2.75) is 50.7 Å². The Balaban J connectivity index is 2.38. The summed E-state index contributed by atoms with van der Waals surface area (Å²) in [5, 5.41) is 6.75. The molecule has 9 heteroatoms. The van der Waals surface area contributed by atoms with Gasteiger partial charge < -0.3 is 11.1 Å². The SMILES string of the molecule is CCNC(=O)[C@@H]1C[C@@H](N)CN1S(=O)(=O)c1cnn(CC)c1C.